The molecule has 1 fully saturated rings. The number of hydrogen-bond acceptors (Lipinski definition) is 1. The minimum absolute atomic E-state index is 0.510. The van der Waals surface area contributed by atoms with E-state index in [9.17, 15) is 8.78 Å². The van der Waals surface area contributed by atoms with Crippen LogP contribution >= 0.6 is 0 Å². The number of alkyl halides is 2. The van der Waals surface area contributed by atoms with E-state index in [1.54, 1.807) is 6.92 Å². The topological polar surface area (TPSA) is 26.0 Å². The molecule has 1 aliphatic rings. The minimum atomic E-state index is -2.63. The van der Waals surface area contributed by atoms with Crippen molar-refractivity contribution in [1.82, 2.24) is 0 Å². The molecule has 0 radical (unpaired) electrons. The van der Waals surface area contributed by atoms with Crippen LogP contribution < -0.4 is 5.73 Å². The van der Waals surface area contributed by atoms with Gasteiger partial charge in [0.05, 0.1) is 6.54 Å². The van der Waals surface area contributed by atoms with Crippen molar-refractivity contribution in [2.75, 3.05) is 6.54 Å². The molecule has 0 heterocycles. The van der Waals surface area contributed by atoms with Crippen LogP contribution in [-0.4, -0.2) is 12.5 Å². The number of hydrogen-bond donors (Lipinski definition) is 1. The second-order valence-corrected chi connectivity index (χ2v) is 2.97. The van der Waals surface area contributed by atoms with Crippen LogP contribution in [0, 0.1) is 5.41 Å². The van der Waals surface area contributed by atoms with E-state index in [2.05, 4.69) is 0 Å². The van der Waals surface area contributed by atoms with Crippen LogP contribution in [0.1, 0.15) is 19.8 Å². The molecule has 0 bridgehead atoms. The minimum Gasteiger partial charge on any atom is -0.325 e. The van der Waals surface area contributed by atoms with Gasteiger partial charge in [0.1, 0.15) is 0 Å². The normalized spacial score (nSPS) is 24.0. The molecule has 0 aromatic carbocycles. The summed E-state index contributed by atoms with van der Waals surface area (Å²) in [6.45, 7) is 1.07. The zero-order chi connectivity index (χ0) is 7.12. The SMILES string of the molecule is CC1(C(F)(F)CN)CC1. The maximum Gasteiger partial charge on any atom is 0.265 e. The lowest BCUT2D eigenvalue weighted by atomic mass is 10.0. The van der Waals surface area contributed by atoms with Gasteiger partial charge < -0.3 is 5.73 Å². The quantitative estimate of drug-likeness (QED) is 0.608. The van der Waals surface area contributed by atoms with Gasteiger partial charge in [-0.1, -0.05) is 6.92 Å². The third-order valence-electron chi connectivity index (χ3n) is 2.14. The Morgan fingerprint density at radius 2 is 2.00 bits per heavy atom. The molecule has 0 atom stereocenters. The first-order valence-corrected chi connectivity index (χ1v) is 3.10. The highest BCUT2D eigenvalue weighted by molar-refractivity contribution is 5.00. The molecule has 0 unspecified atom stereocenters. The van der Waals surface area contributed by atoms with Crippen LogP contribution in [0.3, 0.4) is 0 Å². The van der Waals surface area contributed by atoms with Crippen molar-refractivity contribution >= 4 is 0 Å². The molecule has 0 saturated heterocycles. The van der Waals surface area contributed by atoms with Crippen molar-refractivity contribution in [3.05, 3.63) is 0 Å². The fourth-order valence-electron chi connectivity index (χ4n) is 0.800. The number of halogens is 2. The molecule has 2 N–H and O–H groups in total. The Balaban J connectivity index is 2.58. The van der Waals surface area contributed by atoms with Crippen molar-refractivity contribution in [3.63, 3.8) is 0 Å². The van der Waals surface area contributed by atoms with E-state index in [4.69, 9.17) is 5.73 Å². The summed E-state index contributed by atoms with van der Waals surface area (Å²) in [5.74, 6) is -2.63. The Kier molecular flexibility index (Phi) is 1.28. The second kappa shape index (κ2) is 1.66. The van der Waals surface area contributed by atoms with Gasteiger partial charge in [0.15, 0.2) is 0 Å². The standard InChI is InChI=1S/C6H11F2N/c1-5(2-3-5)6(7,8)4-9/h2-4,9H2,1H3. The van der Waals surface area contributed by atoms with E-state index in [1.807, 2.05) is 0 Å². The first-order valence-electron chi connectivity index (χ1n) is 3.10. The summed E-state index contributed by atoms with van der Waals surface area (Å²) in [7, 11) is 0. The highest BCUT2D eigenvalue weighted by Crippen LogP contribution is 2.55. The summed E-state index contributed by atoms with van der Waals surface area (Å²) in [5, 5.41) is 0. The van der Waals surface area contributed by atoms with Gasteiger partial charge in [-0.05, 0) is 12.8 Å². The maximum atomic E-state index is 12.6. The van der Waals surface area contributed by atoms with Crippen LogP contribution in [0.2, 0.25) is 0 Å². The van der Waals surface area contributed by atoms with Crippen molar-refractivity contribution in [3.8, 4) is 0 Å². The molecule has 1 nitrogen and oxygen atoms in total. The zero-order valence-corrected chi connectivity index (χ0v) is 5.45. The van der Waals surface area contributed by atoms with Crippen LogP contribution in [0.4, 0.5) is 8.78 Å². The van der Waals surface area contributed by atoms with Crippen molar-refractivity contribution in [2.24, 2.45) is 11.1 Å². The first-order chi connectivity index (χ1) is 4.02. The largest absolute Gasteiger partial charge is 0.325 e. The van der Waals surface area contributed by atoms with Crippen molar-refractivity contribution < 1.29 is 8.78 Å². The van der Waals surface area contributed by atoms with Crippen LogP contribution in [0.15, 0.2) is 0 Å². The number of rotatable bonds is 2. The van der Waals surface area contributed by atoms with Crippen LogP contribution in [-0.2, 0) is 0 Å². The molecule has 0 amide bonds. The van der Waals surface area contributed by atoms with Gasteiger partial charge in [0.2, 0.25) is 0 Å². The third-order valence-corrected chi connectivity index (χ3v) is 2.14. The van der Waals surface area contributed by atoms with Gasteiger partial charge in [-0.15, -0.1) is 0 Å². The highest BCUT2D eigenvalue weighted by atomic mass is 19.3. The Bertz CT molecular complexity index is 118. The summed E-state index contributed by atoms with van der Waals surface area (Å²) in [6, 6.07) is 0. The molecule has 3 heteroatoms. The molecular weight excluding hydrogens is 124 g/mol. The van der Waals surface area contributed by atoms with Crippen LogP contribution in [0.5, 0.6) is 0 Å². The molecule has 0 aromatic rings. The molecule has 0 spiro atoms. The maximum absolute atomic E-state index is 12.6. The lowest BCUT2D eigenvalue weighted by molar-refractivity contribution is -0.0555. The molecule has 1 aliphatic carbocycles. The summed E-state index contributed by atoms with van der Waals surface area (Å²) in [6.07, 6.45) is 1.24. The molecule has 9 heavy (non-hydrogen) atoms. The predicted molar refractivity (Wildman–Crippen MR) is 31.3 cm³/mol. The molecule has 1 saturated carbocycles. The average molecular weight is 135 g/mol. The Morgan fingerprint density at radius 3 is 2.11 bits per heavy atom. The van der Waals surface area contributed by atoms with E-state index >= 15 is 0 Å². The summed E-state index contributed by atoms with van der Waals surface area (Å²) in [4.78, 5) is 0. The Labute approximate surface area is 53.2 Å². The smallest absolute Gasteiger partial charge is 0.265 e. The van der Waals surface area contributed by atoms with E-state index in [-0.39, 0.29) is 0 Å². The first kappa shape index (κ1) is 6.93. The van der Waals surface area contributed by atoms with Crippen molar-refractivity contribution in [1.29, 1.82) is 0 Å². The third kappa shape index (κ3) is 0.936. The van der Waals surface area contributed by atoms with Gasteiger partial charge in [-0.25, -0.2) is 8.78 Å². The summed E-state index contributed by atoms with van der Waals surface area (Å²) < 4.78 is 25.2. The van der Waals surface area contributed by atoms with Crippen LogP contribution in [0.25, 0.3) is 0 Å². The lowest BCUT2D eigenvalue weighted by Crippen LogP contribution is -2.36. The second-order valence-electron chi connectivity index (χ2n) is 2.97. The fraction of sp³-hybridized carbons (Fsp3) is 1.00. The molecule has 0 aliphatic heterocycles. The van der Waals surface area contributed by atoms with Gasteiger partial charge >= 0.3 is 0 Å². The van der Waals surface area contributed by atoms with E-state index < -0.39 is 17.9 Å². The van der Waals surface area contributed by atoms with Gasteiger partial charge in [0.25, 0.3) is 5.92 Å². The van der Waals surface area contributed by atoms with Gasteiger partial charge in [-0.2, -0.15) is 0 Å². The zero-order valence-electron chi connectivity index (χ0n) is 5.45. The molecular formula is C6H11F2N. The highest BCUT2D eigenvalue weighted by Gasteiger charge is 2.57. The van der Waals surface area contributed by atoms with Crippen molar-refractivity contribution in [2.45, 2.75) is 25.7 Å². The molecule has 1 rings (SSSR count). The Hall–Kier alpha value is -0.180. The summed E-state index contributed by atoms with van der Waals surface area (Å²) in [5.41, 5.74) is 4.12. The van der Waals surface area contributed by atoms with E-state index in [1.165, 1.54) is 0 Å². The monoisotopic (exact) mass is 135 g/mol. The fourth-order valence-corrected chi connectivity index (χ4v) is 0.800. The van der Waals surface area contributed by atoms with Gasteiger partial charge in [0, 0.05) is 5.41 Å². The molecule has 0 aromatic heterocycles. The Morgan fingerprint density at radius 1 is 1.56 bits per heavy atom. The van der Waals surface area contributed by atoms with E-state index in [0.717, 1.165) is 0 Å². The average Bonchev–Trinajstić information content (AvgIpc) is 2.49. The van der Waals surface area contributed by atoms with E-state index in [0.29, 0.717) is 12.8 Å². The lowest BCUT2D eigenvalue weighted by Gasteiger charge is -2.20. The predicted octanol–water partition coefficient (Wildman–Crippen LogP) is 1.38. The summed E-state index contributed by atoms with van der Waals surface area (Å²) >= 11 is 0. The molecule has 54 valence electrons. The number of nitrogens with two attached hydrogens (primary N) is 1. The van der Waals surface area contributed by atoms with Gasteiger partial charge in [-0.3, -0.25) is 0 Å².